The third kappa shape index (κ3) is 13.7. The van der Waals surface area contributed by atoms with Crippen LogP contribution in [0.25, 0.3) is 17.0 Å². The van der Waals surface area contributed by atoms with Crippen LogP contribution in [-0.4, -0.2) is 23.7 Å². The number of aryl methyl sites for hydroxylation is 1. The molecule has 1 heterocycles. The third-order valence-electron chi connectivity index (χ3n) is 8.41. The zero-order valence-corrected chi connectivity index (χ0v) is 31.4. The Balaban J connectivity index is 2.02. The fraction of sp³-hybridized carbons (Fsp3) is 0.409. The lowest BCUT2D eigenvalue weighted by Crippen LogP contribution is -2.24. The van der Waals surface area contributed by atoms with E-state index in [1.807, 2.05) is 54.6 Å². The van der Waals surface area contributed by atoms with Crippen molar-refractivity contribution in [2.75, 3.05) is 18.5 Å². The Morgan fingerprint density at radius 3 is 1.98 bits per heavy atom. The summed E-state index contributed by atoms with van der Waals surface area (Å²) in [5, 5.41) is 3.75. The van der Waals surface area contributed by atoms with E-state index < -0.39 is 0 Å². The van der Waals surface area contributed by atoms with Gasteiger partial charge in [-0.3, -0.25) is 9.59 Å². The second kappa shape index (κ2) is 21.5. The summed E-state index contributed by atoms with van der Waals surface area (Å²) in [5.74, 6) is 0.405. The Bertz CT molecular complexity index is 1750. The van der Waals surface area contributed by atoms with Crippen LogP contribution in [0.5, 0.6) is 11.5 Å². The Labute approximate surface area is 300 Å². The van der Waals surface area contributed by atoms with Crippen molar-refractivity contribution < 1.29 is 14.3 Å². The zero-order chi connectivity index (χ0) is 36.3. The molecule has 0 aliphatic heterocycles. The normalized spacial score (nSPS) is 11.9. The van der Waals surface area contributed by atoms with E-state index >= 15 is 0 Å². The second-order valence-electron chi connectivity index (χ2n) is 13.5. The van der Waals surface area contributed by atoms with E-state index in [4.69, 9.17) is 9.47 Å². The number of nitrogens with zero attached hydrogens (tertiary/aromatic N) is 1. The quantitative estimate of drug-likeness (QED) is 0.0733. The van der Waals surface area contributed by atoms with Crippen molar-refractivity contribution in [2.45, 2.75) is 106 Å². The van der Waals surface area contributed by atoms with Gasteiger partial charge in [0, 0.05) is 23.7 Å². The summed E-state index contributed by atoms with van der Waals surface area (Å²) >= 11 is 0. The lowest BCUT2D eigenvalue weighted by atomic mass is 10.1. The van der Waals surface area contributed by atoms with Gasteiger partial charge in [-0.1, -0.05) is 91.0 Å². The maximum atomic E-state index is 14.3. The number of anilines is 1. The first-order chi connectivity index (χ1) is 24.1. The molecule has 1 N–H and O–H groups in total. The molecule has 0 aliphatic rings. The molecular weight excluding hydrogens is 620 g/mol. The van der Waals surface area contributed by atoms with E-state index in [1.54, 1.807) is 10.6 Å². The molecule has 0 atom stereocenters. The highest BCUT2D eigenvalue weighted by Crippen LogP contribution is 2.35. The molecule has 6 nitrogen and oxygen atoms in total. The highest BCUT2D eigenvalue weighted by atomic mass is 16.5. The first kappa shape index (κ1) is 39.9. The van der Waals surface area contributed by atoms with Gasteiger partial charge in [-0.15, -0.1) is 0 Å². The molecule has 2 aromatic carbocycles. The summed E-state index contributed by atoms with van der Waals surface area (Å²) in [6.45, 7) is 15.9. The fourth-order valence-corrected chi connectivity index (χ4v) is 5.50. The summed E-state index contributed by atoms with van der Waals surface area (Å²) in [6, 6.07) is 15.3. The van der Waals surface area contributed by atoms with Crippen LogP contribution >= 0.6 is 0 Å². The molecule has 0 unspecified atom stereocenters. The number of carbonyl (C=O) groups is 1. The van der Waals surface area contributed by atoms with Crippen LogP contribution in [0, 0.1) is 0 Å². The standard InChI is InChI=1S/C44H58N2O4/c1-8-9-10-14-29-46-40-32-38(45-41(47)26-23-37-21-12-11-13-22-37)24-25-39(40)42(49-30-27-35(6)19-15-17-33(2)3)43(44(46)48)50-31-28-36(7)20-16-18-34(4)5/h11-13,17-18,21-28,32H,8-10,14-16,19-20,29-31H2,1-7H3,(H,45,47). The van der Waals surface area contributed by atoms with E-state index in [0.717, 1.165) is 62.3 Å². The second-order valence-corrected chi connectivity index (χ2v) is 13.5. The van der Waals surface area contributed by atoms with Gasteiger partial charge in [-0.05, 0) is 116 Å². The summed E-state index contributed by atoms with van der Waals surface area (Å²) in [6.07, 6.45) is 19.8. The van der Waals surface area contributed by atoms with Crippen molar-refractivity contribution in [1.29, 1.82) is 0 Å². The maximum absolute atomic E-state index is 14.3. The van der Waals surface area contributed by atoms with Crippen molar-refractivity contribution in [3.8, 4) is 11.5 Å². The molecule has 1 amide bonds. The highest BCUT2D eigenvalue weighted by molar-refractivity contribution is 6.03. The van der Waals surface area contributed by atoms with Crippen molar-refractivity contribution in [3.05, 3.63) is 117 Å². The van der Waals surface area contributed by atoms with E-state index in [-0.39, 0.29) is 23.8 Å². The fourth-order valence-electron chi connectivity index (χ4n) is 5.50. The summed E-state index contributed by atoms with van der Waals surface area (Å²) in [4.78, 5) is 27.2. The minimum absolute atomic E-state index is 0.222. The number of unbranched alkanes of at least 4 members (excludes halogenated alkanes) is 3. The van der Waals surface area contributed by atoms with Crippen LogP contribution in [-0.2, 0) is 11.3 Å². The number of rotatable bonds is 20. The van der Waals surface area contributed by atoms with E-state index in [0.29, 0.717) is 30.1 Å². The van der Waals surface area contributed by atoms with Crippen molar-refractivity contribution in [2.24, 2.45) is 0 Å². The molecule has 268 valence electrons. The Morgan fingerprint density at radius 2 is 1.38 bits per heavy atom. The molecule has 0 aliphatic carbocycles. The summed E-state index contributed by atoms with van der Waals surface area (Å²) < 4.78 is 14.5. The first-order valence-electron chi connectivity index (χ1n) is 18.2. The number of nitrogens with one attached hydrogen (secondary N) is 1. The number of ether oxygens (including phenoxy) is 2. The van der Waals surface area contributed by atoms with Gasteiger partial charge < -0.3 is 19.4 Å². The number of allylic oxidation sites excluding steroid dienone is 6. The van der Waals surface area contributed by atoms with Crippen LogP contribution in [0.15, 0.2) is 106 Å². The van der Waals surface area contributed by atoms with Crippen LogP contribution in [0.1, 0.15) is 105 Å². The molecule has 0 bridgehead atoms. The molecule has 0 saturated heterocycles. The van der Waals surface area contributed by atoms with Gasteiger partial charge in [0.05, 0.1) is 5.52 Å². The van der Waals surface area contributed by atoms with E-state index in [1.165, 1.54) is 28.4 Å². The van der Waals surface area contributed by atoms with Crippen molar-refractivity contribution in [3.63, 3.8) is 0 Å². The molecule has 0 fully saturated rings. The number of pyridine rings is 1. The zero-order valence-electron chi connectivity index (χ0n) is 31.4. The molecule has 0 spiro atoms. The largest absolute Gasteiger partial charge is 0.485 e. The molecule has 3 rings (SSSR count). The lowest BCUT2D eigenvalue weighted by molar-refractivity contribution is -0.111. The maximum Gasteiger partial charge on any atom is 0.297 e. The van der Waals surface area contributed by atoms with Gasteiger partial charge in [-0.25, -0.2) is 0 Å². The minimum atomic E-state index is -0.248. The summed E-state index contributed by atoms with van der Waals surface area (Å²) in [5.41, 5.74) is 7.07. The molecule has 6 heteroatoms. The van der Waals surface area contributed by atoms with Crippen LogP contribution in [0.3, 0.4) is 0 Å². The minimum Gasteiger partial charge on any atom is -0.485 e. The molecule has 50 heavy (non-hydrogen) atoms. The van der Waals surface area contributed by atoms with Crippen molar-refractivity contribution >= 4 is 28.6 Å². The van der Waals surface area contributed by atoms with Gasteiger partial charge in [0.2, 0.25) is 11.7 Å². The van der Waals surface area contributed by atoms with Gasteiger partial charge in [0.1, 0.15) is 13.2 Å². The smallest absolute Gasteiger partial charge is 0.297 e. The predicted molar refractivity (Wildman–Crippen MR) is 212 cm³/mol. The SMILES string of the molecule is CCCCCCn1c(=O)c(OCC=C(C)CCC=C(C)C)c(OCC=C(C)CCC=C(C)C)c2ccc(NC(=O)C=Cc3ccccc3)cc21. The predicted octanol–water partition coefficient (Wildman–Crippen LogP) is 11.4. The van der Waals surface area contributed by atoms with Gasteiger partial charge in [-0.2, -0.15) is 0 Å². The molecule has 0 radical (unpaired) electrons. The number of amides is 1. The molecular formula is C44H58N2O4. The Kier molecular flexibility index (Phi) is 17.1. The number of carbonyl (C=O) groups excluding carboxylic acids is 1. The number of hydrogen-bond donors (Lipinski definition) is 1. The third-order valence-corrected chi connectivity index (χ3v) is 8.41. The Morgan fingerprint density at radius 1 is 0.760 bits per heavy atom. The first-order valence-corrected chi connectivity index (χ1v) is 18.2. The molecule has 0 saturated carbocycles. The van der Waals surface area contributed by atoms with E-state index in [9.17, 15) is 9.59 Å². The monoisotopic (exact) mass is 678 g/mol. The van der Waals surface area contributed by atoms with Gasteiger partial charge in [0.15, 0.2) is 5.75 Å². The number of benzene rings is 2. The van der Waals surface area contributed by atoms with Crippen LogP contribution < -0.4 is 20.3 Å². The number of aromatic nitrogens is 1. The molecule has 1 aromatic heterocycles. The van der Waals surface area contributed by atoms with Crippen LogP contribution in [0.2, 0.25) is 0 Å². The van der Waals surface area contributed by atoms with Gasteiger partial charge in [0.25, 0.3) is 5.56 Å². The average Bonchev–Trinajstić information content (AvgIpc) is 3.08. The van der Waals surface area contributed by atoms with Crippen LogP contribution in [0.4, 0.5) is 5.69 Å². The Hall–Kier alpha value is -4.58. The topological polar surface area (TPSA) is 69.6 Å². The average molecular weight is 679 g/mol. The van der Waals surface area contributed by atoms with Crippen molar-refractivity contribution in [1.82, 2.24) is 4.57 Å². The number of hydrogen-bond acceptors (Lipinski definition) is 4. The highest BCUT2D eigenvalue weighted by Gasteiger charge is 2.20. The van der Waals surface area contributed by atoms with Gasteiger partial charge >= 0.3 is 0 Å². The lowest BCUT2D eigenvalue weighted by Gasteiger charge is -2.19. The number of fused-ring (bicyclic) bond motifs is 1. The van der Waals surface area contributed by atoms with E-state index in [2.05, 4.69) is 72.0 Å². The molecule has 3 aromatic rings. The summed E-state index contributed by atoms with van der Waals surface area (Å²) in [7, 11) is 0.